The zero-order valence-electron chi connectivity index (χ0n) is 14.0. The molecule has 0 saturated carbocycles. The van der Waals surface area contributed by atoms with Crippen LogP contribution in [0.2, 0.25) is 10.0 Å². The molecule has 1 fully saturated rings. The Balaban J connectivity index is 0.00000225. The van der Waals surface area contributed by atoms with Crippen molar-refractivity contribution in [2.24, 2.45) is 0 Å². The van der Waals surface area contributed by atoms with Crippen LogP contribution in [-0.2, 0) is 0 Å². The maximum Gasteiger partial charge on any atom is 0.293 e. The van der Waals surface area contributed by atoms with Crippen molar-refractivity contribution in [1.29, 1.82) is 0 Å². The zero-order valence-corrected chi connectivity index (χ0v) is 16.3. The summed E-state index contributed by atoms with van der Waals surface area (Å²) in [5, 5.41) is 8.50. The number of piperidine rings is 1. The van der Waals surface area contributed by atoms with Gasteiger partial charge in [-0.05, 0) is 38.9 Å². The highest BCUT2D eigenvalue weighted by Gasteiger charge is 2.27. The molecule has 3 rings (SSSR count). The van der Waals surface area contributed by atoms with E-state index in [-0.39, 0.29) is 24.1 Å². The number of nitrogens with one attached hydrogen (secondary N) is 1. The Morgan fingerprint density at radius 2 is 2.00 bits per heavy atom. The van der Waals surface area contributed by atoms with Gasteiger partial charge in [-0.25, -0.2) is 9.67 Å². The molecule has 0 radical (unpaired) electrons. The highest BCUT2D eigenvalue weighted by atomic mass is 35.5. The van der Waals surface area contributed by atoms with E-state index >= 15 is 0 Å². The van der Waals surface area contributed by atoms with Crippen molar-refractivity contribution in [3.63, 3.8) is 0 Å². The van der Waals surface area contributed by atoms with Crippen molar-refractivity contribution in [1.82, 2.24) is 25.0 Å². The number of amides is 1. The molecule has 1 saturated heterocycles. The number of benzene rings is 1. The molecule has 25 heavy (non-hydrogen) atoms. The molecule has 2 aromatic rings. The van der Waals surface area contributed by atoms with E-state index < -0.39 is 0 Å². The molecule has 2 heterocycles. The first kappa shape index (κ1) is 20.0. The molecule has 1 N–H and O–H groups in total. The van der Waals surface area contributed by atoms with Crippen LogP contribution in [0.25, 0.3) is 5.69 Å². The number of halogens is 3. The number of para-hydroxylation sites is 1. The van der Waals surface area contributed by atoms with Gasteiger partial charge in [-0.3, -0.25) is 4.79 Å². The van der Waals surface area contributed by atoms with Gasteiger partial charge in [0.2, 0.25) is 5.82 Å². The summed E-state index contributed by atoms with van der Waals surface area (Å²) in [4.78, 5) is 18.8. The summed E-state index contributed by atoms with van der Waals surface area (Å²) in [5.41, 5.74) is 0.539. The molecule has 1 unspecified atom stereocenters. The number of carbonyl (C=O) groups excluding carboxylic acids is 1. The Bertz CT molecular complexity index is 744. The first-order valence-corrected chi connectivity index (χ1v) is 8.61. The number of aromatic nitrogens is 3. The first-order chi connectivity index (χ1) is 11.5. The van der Waals surface area contributed by atoms with E-state index in [1.807, 2.05) is 7.05 Å². The summed E-state index contributed by atoms with van der Waals surface area (Å²) in [6.45, 7) is 3.16. The molecule has 1 amide bonds. The minimum atomic E-state index is -0.167. The molecule has 0 aliphatic carbocycles. The van der Waals surface area contributed by atoms with Crippen molar-refractivity contribution in [3.8, 4) is 5.69 Å². The van der Waals surface area contributed by atoms with Crippen molar-refractivity contribution in [3.05, 3.63) is 39.9 Å². The van der Waals surface area contributed by atoms with E-state index in [0.29, 0.717) is 34.1 Å². The average molecular weight is 405 g/mol. The standard InChI is InChI=1S/C16H19Cl2N5O.ClH/c1-10-20-15(16(24)22-8-4-5-11(9-22)19-2)21-23(10)14-12(17)6-3-7-13(14)18;/h3,6-7,11,19H,4-5,8-9H2,1-2H3;1H. The van der Waals surface area contributed by atoms with Crippen LogP contribution in [0.5, 0.6) is 0 Å². The third kappa shape index (κ3) is 4.08. The topological polar surface area (TPSA) is 63.1 Å². The van der Waals surface area contributed by atoms with Crippen LogP contribution in [0.1, 0.15) is 29.3 Å². The number of carbonyl (C=O) groups is 1. The normalized spacial score (nSPS) is 17.3. The predicted octanol–water partition coefficient (Wildman–Crippen LogP) is 3.13. The first-order valence-electron chi connectivity index (χ1n) is 7.86. The van der Waals surface area contributed by atoms with Gasteiger partial charge in [-0.1, -0.05) is 29.3 Å². The largest absolute Gasteiger partial charge is 0.334 e. The maximum absolute atomic E-state index is 12.7. The van der Waals surface area contributed by atoms with Crippen LogP contribution in [0, 0.1) is 6.92 Å². The van der Waals surface area contributed by atoms with E-state index in [1.54, 1.807) is 30.0 Å². The molecule has 136 valence electrons. The summed E-state index contributed by atoms with van der Waals surface area (Å²) in [6.07, 6.45) is 2.03. The zero-order chi connectivity index (χ0) is 17.3. The Labute approximate surface area is 162 Å². The van der Waals surface area contributed by atoms with Gasteiger partial charge in [0.25, 0.3) is 5.91 Å². The van der Waals surface area contributed by atoms with Gasteiger partial charge in [0.15, 0.2) is 0 Å². The van der Waals surface area contributed by atoms with E-state index in [0.717, 1.165) is 19.4 Å². The molecule has 1 atom stereocenters. The van der Waals surface area contributed by atoms with Gasteiger partial charge < -0.3 is 10.2 Å². The lowest BCUT2D eigenvalue weighted by Crippen LogP contribution is -2.47. The van der Waals surface area contributed by atoms with Gasteiger partial charge in [-0.15, -0.1) is 17.5 Å². The lowest BCUT2D eigenvalue weighted by Gasteiger charge is -2.31. The van der Waals surface area contributed by atoms with Gasteiger partial charge >= 0.3 is 0 Å². The van der Waals surface area contributed by atoms with Crippen molar-refractivity contribution < 1.29 is 4.79 Å². The number of hydrogen-bond donors (Lipinski definition) is 1. The Morgan fingerprint density at radius 3 is 2.64 bits per heavy atom. The van der Waals surface area contributed by atoms with Crippen LogP contribution in [0.15, 0.2) is 18.2 Å². The second kappa shape index (κ2) is 8.36. The molecule has 1 aromatic heterocycles. The Kier molecular flexibility index (Phi) is 6.68. The number of aryl methyl sites for hydroxylation is 1. The minimum Gasteiger partial charge on any atom is -0.334 e. The van der Waals surface area contributed by atoms with Crippen LogP contribution < -0.4 is 5.32 Å². The molecular formula is C16H20Cl3N5O. The summed E-state index contributed by atoms with van der Waals surface area (Å²) in [5.74, 6) is 0.566. The molecule has 0 bridgehead atoms. The smallest absolute Gasteiger partial charge is 0.293 e. The van der Waals surface area contributed by atoms with Crippen molar-refractivity contribution in [2.45, 2.75) is 25.8 Å². The van der Waals surface area contributed by atoms with Crippen LogP contribution >= 0.6 is 35.6 Å². The molecule has 1 aromatic carbocycles. The fourth-order valence-corrected chi connectivity index (χ4v) is 3.48. The number of likely N-dealkylation sites (tertiary alicyclic amines) is 1. The van der Waals surface area contributed by atoms with Gasteiger partial charge in [0, 0.05) is 19.1 Å². The van der Waals surface area contributed by atoms with Gasteiger partial charge in [0.05, 0.1) is 10.0 Å². The third-order valence-electron chi connectivity index (χ3n) is 4.23. The highest BCUT2D eigenvalue weighted by molar-refractivity contribution is 6.37. The number of likely N-dealkylation sites (N-methyl/N-ethyl adjacent to an activating group) is 1. The second-order valence-electron chi connectivity index (χ2n) is 5.84. The SMILES string of the molecule is CNC1CCCN(C(=O)c2nc(C)n(-c3c(Cl)cccc3Cl)n2)C1.Cl. The molecule has 6 nitrogen and oxygen atoms in total. The molecule has 9 heteroatoms. The highest BCUT2D eigenvalue weighted by Crippen LogP contribution is 2.28. The lowest BCUT2D eigenvalue weighted by molar-refractivity contribution is 0.0686. The van der Waals surface area contributed by atoms with E-state index in [9.17, 15) is 4.79 Å². The van der Waals surface area contributed by atoms with E-state index in [2.05, 4.69) is 15.4 Å². The van der Waals surface area contributed by atoms with Crippen LogP contribution in [-0.4, -0.2) is 51.8 Å². The fourth-order valence-electron chi connectivity index (χ4n) is 2.92. The minimum absolute atomic E-state index is 0. The predicted molar refractivity (Wildman–Crippen MR) is 101 cm³/mol. The van der Waals surface area contributed by atoms with Crippen LogP contribution in [0.4, 0.5) is 0 Å². The molecule has 0 spiro atoms. The summed E-state index contributed by atoms with van der Waals surface area (Å²) >= 11 is 12.5. The van der Waals surface area contributed by atoms with Crippen LogP contribution in [0.3, 0.4) is 0 Å². The second-order valence-corrected chi connectivity index (χ2v) is 6.66. The van der Waals surface area contributed by atoms with Crippen molar-refractivity contribution in [2.75, 3.05) is 20.1 Å². The van der Waals surface area contributed by atoms with E-state index in [4.69, 9.17) is 23.2 Å². The molecule has 1 aliphatic rings. The quantitative estimate of drug-likeness (QED) is 0.853. The van der Waals surface area contributed by atoms with Gasteiger partial charge in [-0.2, -0.15) is 0 Å². The van der Waals surface area contributed by atoms with Gasteiger partial charge in [0.1, 0.15) is 11.5 Å². The third-order valence-corrected chi connectivity index (χ3v) is 4.84. The average Bonchev–Trinajstić information content (AvgIpc) is 2.96. The lowest BCUT2D eigenvalue weighted by atomic mass is 10.1. The Morgan fingerprint density at radius 1 is 1.32 bits per heavy atom. The maximum atomic E-state index is 12.7. The fraction of sp³-hybridized carbons (Fsp3) is 0.438. The Hall–Kier alpha value is -1.34. The number of hydrogen-bond acceptors (Lipinski definition) is 4. The molecule has 1 aliphatic heterocycles. The summed E-state index contributed by atoms with van der Waals surface area (Å²) in [7, 11) is 1.91. The van der Waals surface area contributed by atoms with E-state index in [1.165, 1.54) is 4.68 Å². The number of rotatable bonds is 3. The monoisotopic (exact) mass is 403 g/mol. The number of nitrogens with zero attached hydrogens (tertiary/aromatic N) is 4. The summed E-state index contributed by atoms with van der Waals surface area (Å²) in [6, 6.07) is 5.53. The summed E-state index contributed by atoms with van der Waals surface area (Å²) < 4.78 is 1.53. The van der Waals surface area contributed by atoms with Crippen molar-refractivity contribution >= 4 is 41.5 Å². The molecular weight excluding hydrogens is 385 g/mol.